The predicted octanol–water partition coefficient (Wildman–Crippen LogP) is 1.45. The van der Waals surface area contributed by atoms with E-state index in [1.54, 1.807) is 11.0 Å². The summed E-state index contributed by atoms with van der Waals surface area (Å²) in [4.78, 5) is 13.7. The lowest BCUT2D eigenvalue weighted by Gasteiger charge is -2.32. The van der Waals surface area contributed by atoms with Gasteiger partial charge in [0.25, 0.3) is 5.91 Å². The molecule has 17 heavy (non-hydrogen) atoms. The first-order valence-electron chi connectivity index (χ1n) is 5.52. The van der Waals surface area contributed by atoms with E-state index in [0.717, 1.165) is 0 Å². The second kappa shape index (κ2) is 5.49. The van der Waals surface area contributed by atoms with Crippen LogP contribution in [0.2, 0.25) is 5.02 Å². The normalized spacial score (nSPS) is 20.7. The Balaban J connectivity index is 2.21. The zero-order valence-electron chi connectivity index (χ0n) is 9.30. The molecule has 1 aliphatic rings. The molecule has 1 saturated heterocycles. The SMILES string of the molecule is O=C1C(CCO)OCCN1c1ccccc1Cl. The van der Waals surface area contributed by atoms with Crippen LogP contribution < -0.4 is 4.90 Å². The second-order valence-electron chi connectivity index (χ2n) is 3.81. The first-order chi connectivity index (χ1) is 8.24. The van der Waals surface area contributed by atoms with E-state index in [0.29, 0.717) is 30.3 Å². The molecule has 0 aromatic heterocycles. The molecule has 1 atom stereocenters. The van der Waals surface area contributed by atoms with Crippen molar-refractivity contribution in [1.29, 1.82) is 0 Å². The lowest BCUT2D eigenvalue weighted by atomic mass is 10.1. The monoisotopic (exact) mass is 255 g/mol. The van der Waals surface area contributed by atoms with E-state index in [1.807, 2.05) is 18.2 Å². The van der Waals surface area contributed by atoms with E-state index in [-0.39, 0.29) is 12.5 Å². The first kappa shape index (κ1) is 12.4. The van der Waals surface area contributed by atoms with Gasteiger partial charge in [0, 0.05) is 19.6 Å². The molecule has 1 aromatic rings. The summed E-state index contributed by atoms with van der Waals surface area (Å²) >= 11 is 6.06. The second-order valence-corrected chi connectivity index (χ2v) is 4.22. The number of nitrogens with zero attached hydrogens (tertiary/aromatic N) is 1. The van der Waals surface area contributed by atoms with Crippen LogP contribution in [0.4, 0.5) is 5.69 Å². The van der Waals surface area contributed by atoms with Gasteiger partial charge in [-0.1, -0.05) is 23.7 Å². The van der Waals surface area contributed by atoms with Gasteiger partial charge in [0.2, 0.25) is 0 Å². The number of halogens is 1. The van der Waals surface area contributed by atoms with Gasteiger partial charge in [-0.3, -0.25) is 4.79 Å². The molecule has 1 unspecified atom stereocenters. The molecule has 2 rings (SSSR count). The number of benzene rings is 1. The molecular formula is C12H14ClNO3. The molecule has 5 heteroatoms. The van der Waals surface area contributed by atoms with Gasteiger partial charge in [-0.15, -0.1) is 0 Å². The van der Waals surface area contributed by atoms with E-state index in [4.69, 9.17) is 21.4 Å². The highest BCUT2D eigenvalue weighted by atomic mass is 35.5. The molecule has 0 spiro atoms. The molecule has 0 saturated carbocycles. The Labute approximate surface area is 105 Å². The topological polar surface area (TPSA) is 49.8 Å². The summed E-state index contributed by atoms with van der Waals surface area (Å²) < 4.78 is 5.33. The van der Waals surface area contributed by atoms with Crippen LogP contribution in [0, 0.1) is 0 Å². The average molecular weight is 256 g/mol. The van der Waals surface area contributed by atoms with Crippen LogP contribution in [-0.2, 0) is 9.53 Å². The Morgan fingerprint density at radius 1 is 1.47 bits per heavy atom. The molecule has 1 amide bonds. The van der Waals surface area contributed by atoms with E-state index in [9.17, 15) is 4.79 Å². The molecule has 1 aliphatic heterocycles. The van der Waals surface area contributed by atoms with Crippen molar-refractivity contribution in [3.63, 3.8) is 0 Å². The van der Waals surface area contributed by atoms with E-state index >= 15 is 0 Å². The standard InChI is InChI=1S/C12H14ClNO3/c13-9-3-1-2-4-10(9)14-6-8-17-11(5-7-15)12(14)16/h1-4,11,15H,5-8H2. The van der Waals surface area contributed by atoms with Crippen molar-refractivity contribution in [2.75, 3.05) is 24.7 Å². The summed E-state index contributed by atoms with van der Waals surface area (Å²) in [6.45, 7) is 0.888. The number of amides is 1. The fourth-order valence-electron chi connectivity index (χ4n) is 1.88. The summed E-state index contributed by atoms with van der Waals surface area (Å²) in [5.74, 6) is -0.140. The Morgan fingerprint density at radius 2 is 2.24 bits per heavy atom. The van der Waals surface area contributed by atoms with Gasteiger partial charge in [-0.25, -0.2) is 0 Å². The van der Waals surface area contributed by atoms with Crippen LogP contribution in [0.25, 0.3) is 0 Å². The highest BCUT2D eigenvalue weighted by Crippen LogP contribution is 2.27. The van der Waals surface area contributed by atoms with Gasteiger partial charge in [-0.05, 0) is 12.1 Å². The number of hydrogen-bond acceptors (Lipinski definition) is 3. The number of hydrogen-bond donors (Lipinski definition) is 1. The fraction of sp³-hybridized carbons (Fsp3) is 0.417. The Kier molecular flexibility index (Phi) is 3.99. The minimum atomic E-state index is -0.565. The number of carbonyl (C=O) groups excluding carboxylic acids is 1. The van der Waals surface area contributed by atoms with Crippen LogP contribution in [0.15, 0.2) is 24.3 Å². The molecule has 1 aromatic carbocycles. The third-order valence-corrected chi connectivity index (χ3v) is 3.03. The highest BCUT2D eigenvalue weighted by molar-refractivity contribution is 6.33. The quantitative estimate of drug-likeness (QED) is 0.890. The molecule has 92 valence electrons. The number of aliphatic hydroxyl groups excluding tert-OH is 1. The maximum absolute atomic E-state index is 12.1. The van der Waals surface area contributed by atoms with Crippen molar-refractivity contribution >= 4 is 23.2 Å². The molecule has 1 N–H and O–H groups in total. The van der Waals surface area contributed by atoms with E-state index in [1.165, 1.54) is 0 Å². The smallest absolute Gasteiger partial charge is 0.256 e. The van der Waals surface area contributed by atoms with Gasteiger partial charge in [0.15, 0.2) is 0 Å². The van der Waals surface area contributed by atoms with Crippen LogP contribution in [0.3, 0.4) is 0 Å². The number of para-hydroxylation sites is 1. The predicted molar refractivity (Wildman–Crippen MR) is 65.2 cm³/mol. The largest absolute Gasteiger partial charge is 0.396 e. The summed E-state index contributed by atoms with van der Waals surface area (Å²) in [5.41, 5.74) is 0.699. The van der Waals surface area contributed by atoms with Gasteiger partial charge in [0.1, 0.15) is 6.10 Å². The number of carbonyl (C=O) groups is 1. The average Bonchev–Trinajstić information content (AvgIpc) is 2.33. The first-order valence-corrected chi connectivity index (χ1v) is 5.90. The summed E-state index contributed by atoms with van der Waals surface area (Å²) in [6.07, 6.45) is -0.246. The van der Waals surface area contributed by atoms with Crippen molar-refractivity contribution in [2.24, 2.45) is 0 Å². The number of aliphatic hydroxyl groups is 1. The molecule has 0 bridgehead atoms. The highest BCUT2D eigenvalue weighted by Gasteiger charge is 2.30. The molecule has 4 nitrogen and oxygen atoms in total. The summed E-state index contributed by atoms with van der Waals surface area (Å²) in [5, 5.41) is 9.42. The van der Waals surface area contributed by atoms with Crippen LogP contribution >= 0.6 is 11.6 Å². The van der Waals surface area contributed by atoms with Crippen LogP contribution in [-0.4, -0.2) is 36.9 Å². The van der Waals surface area contributed by atoms with Crippen molar-refractivity contribution in [2.45, 2.75) is 12.5 Å². The maximum atomic E-state index is 12.1. The molecular weight excluding hydrogens is 242 g/mol. The van der Waals surface area contributed by atoms with Gasteiger partial charge in [0.05, 0.1) is 17.3 Å². The van der Waals surface area contributed by atoms with Gasteiger partial charge >= 0.3 is 0 Å². The Hall–Kier alpha value is -1.10. The van der Waals surface area contributed by atoms with Crippen molar-refractivity contribution < 1.29 is 14.6 Å². The van der Waals surface area contributed by atoms with E-state index < -0.39 is 6.10 Å². The van der Waals surface area contributed by atoms with Gasteiger partial charge in [-0.2, -0.15) is 0 Å². The Bertz CT molecular complexity index is 408. The molecule has 0 aliphatic carbocycles. The Morgan fingerprint density at radius 3 is 2.94 bits per heavy atom. The minimum absolute atomic E-state index is 0.0627. The zero-order chi connectivity index (χ0) is 12.3. The molecule has 1 fully saturated rings. The van der Waals surface area contributed by atoms with Crippen molar-refractivity contribution in [1.82, 2.24) is 0 Å². The zero-order valence-corrected chi connectivity index (χ0v) is 10.1. The van der Waals surface area contributed by atoms with E-state index in [2.05, 4.69) is 0 Å². The summed E-state index contributed by atoms with van der Waals surface area (Å²) in [6, 6.07) is 7.22. The fourth-order valence-corrected chi connectivity index (χ4v) is 2.11. The lowest BCUT2D eigenvalue weighted by Crippen LogP contribution is -2.48. The van der Waals surface area contributed by atoms with Crippen molar-refractivity contribution in [3.05, 3.63) is 29.3 Å². The molecule has 1 heterocycles. The molecule has 0 radical (unpaired) electrons. The number of anilines is 1. The van der Waals surface area contributed by atoms with Gasteiger partial charge < -0.3 is 14.7 Å². The minimum Gasteiger partial charge on any atom is -0.396 e. The van der Waals surface area contributed by atoms with Crippen molar-refractivity contribution in [3.8, 4) is 0 Å². The maximum Gasteiger partial charge on any atom is 0.256 e. The third-order valence-electron chi connectivity index (χ3n) is 2.71. The number of morpholine rings is 1. The third kappa shape index (κ3) is 2.60. The summed E-state index contributed by atoms with van der Waals surface area (Å²) in [7, 11) is 0. The lowest BCUT2D eigenvalue weighted by molar-refractivity contribution is -0.134. The van der Waals surface area contributed by atoms with Crippen LogP contribution in [0.1, 0.15) is 6.42 Å². The van der Waals surface area contributed by atoms with Crippen LogP contribution in [0.5, 0.6) is 0 Å². The number of rotatable bonds is 3. The number of ether oxygens (including phenoxy) is 1.